The van der Waals surface area contributed by atoms with Crippen LogP contribution in [0.5, 0.6) is 0 Å². The van der Waals surface area contributed by atoms with Crippen molar-refractivity contribution in [3.05, 3.63) is 35.9 Å². The number of likely N-dealkylation sites (N-methyl/N-ethyl adjacent to an activating group) is 1. The lowest BCUT2D eigenvalue weighted by Gasteiger charge is -2.18. The first-order valence-corrected chi connectivity index (χ1v) is 6.09. The molecule has 0 N–H and O–H groups in total. The van der Waals surface area contributed by atoms with E-state index in [4.69, 9.17) is 0 Å². The van der Waals surface area contributed by atoms with E-state index in [0.29, 0.717) is 6.54 Å². The molecule has 0 heterocycles. The van der Waals surface area contributed by atoms with E-state index in [1.165, 1.54) is 12.7 Å². The molecule has 0 aliphatic carbocycles. The van der Waals surface area contributed by atoms with Gasteiger partial charge < -0.3 is 4.74 Å². The first-order chi connectivity index (χ1) is 8.26. The number of benzene rings is 1. The summed E-state index contributed by atoms with van der Waals surface area (Å²) in [5.74, 6) is -0.161. The largest absolute Gasteiger partial charge is 0.468 e. The Balaban J connectivity index is 2.26. The predicted octanol–water partition coefficient (Wildman–Crippen LogP) is 2.11. The van der Waals surface area contributed by atoms with Crippen LogP contribution in [0.1, 0.15) is 18.9 Å². The molecule has 0 unspecified atom stereocenters. The van der Waals surface area contributed by atoms with Crippen molar-refractivity contribution < 1.29 is 9.53 Å². The fourth-order valence-electron chi connectivity index (χ4n) is 1.75. The van der Waals surface area contributed by atoms with Gasteiger partial charge in [-0.3, -0.25) is 9.69 Å². The molecule has 0 amide bonds. The summed E-state index contributed by atoms with van der Waals surface area (Å²) in [5, 5.41) is 0. The van der Waals surface area contributed by atoms with Gasteiger partial charge in [0, 0.05) is 0 Å². The molecule has 1 aromatic carbocycles. The Morgan fingerprint density at radius 2 is 2.00 bits per heavy atom. The maximum atomic E-state index is 11.2. The minimum absolute atomic E-state index is 0.161. The molecule has 0 saturated heterocycles. The minimum atomic E-state index is -0.161. The molecule has 0 aliphatic heterocycles. The molecule has 0 saturated carbocycles. The molecular weight excluding hydrogens is 214 g/mol. The van der Waals surface area contributed by atoms with Crippen LogP contribution in [0.15, 0.2) is 30.3 Å². The van der Waals surface area contributed by atoms with Crippen LogP contribution in [-0.4, -0.2) is 37.6 Å². The number of ether oxygens (including phenoxy) is 1. The Kier molecular flexibility index (Phi) is 6.33. The number of aryl methyl sites for hydroxylation is 1. The first-order valence-electron chi connectivity index (χ1n) is 6.09. The quantitative estimate of drug-likeness (QED) is 0.678. The fourth-order valence-corrected chi connectivity index (χ4v) is 1.75. The fraction of sp³-hybridized carbons (Fsp3) is 0.500. The molecule has 0 atom stereocenters. The van der Waals surface area contributed by atoms with Gasteiger partial charge >= 0.3 is 5.97 Å². The SMILES string of the molecule is CCN(CCCc1ccccc1)CC(=O)OC. The van der Waals surface area contributed by atoms with Gasteiger partial charge in [-0.25, -0.2) is 0 Å². The number of hydrogen-bond donors (Lipinski definition) is 0. The standard InChI is InChI=1S/C14H21NO2/c1-3-15(12-14(16)17-2)11-7-10-13-8-5-4-6-9-13/h4-6,8-9H,3,7,10-12H2,1-2H3. The third kappa shape index (κ3) is 5.50. The van der Waals surface area contributed by atoms with Crippen LogP contribution in [0.3, 0.4) is 0 Å². The van der Waals surface area contributed by atoms with Crippen molar-refractivity contribution in [2.75, 3.05) is 26.7 Å². The maximum Gasteiger partial charge on any atom is 0.319 e. The van der Waals surface area contributed by atoms with E-state index in [1.807, 2.05) is 6.07 Å². The molecule has 0 aromatic heterocycles. The molecule has 94 valence electrons. The van der Waals surface area contributed by atoms with Gasteiger partial charge in [0.25, 0.3) is 0 Å². The second-order valence-corrected chi connectivity index (χ2v) is 4.03. The topological polar surface area (TPSA) is 29.5 Å². The molecule has 0 fully saturated rings. The average molecular weight is 235 g/mol. The van der Waals surface area contributed by atoms with E-state index in [9.17, 15) is 4.79 Å². The Labute approximate surface area is 103 Å². The Morgan fingerprint density at radius 3 is 2.59 bits per heavy atom. The summed E-state index contributed by atoms with van der Waals surface area (Å²) >= 11 is 0. The summed E-state index contributed by atoms with van der Waals surface area (Å²) in [6.07, 6.45) is 2.12. The molecule has 1 rings (SSSR count). The van der Waals surface area contributed by atoms with Gasteiger partial charge in [-0.15, -0.1) is 0 Å². The molecule has 0 spiro atoms. The van der Waals surface area contributed by atoms with Gasteiger partial charge in [-0.2, -0.15) is 0 Å². The number of nitrogens with zero attached hydrogens (tertiary/aromatic N) is 1. The highest BCUT2D eigenvalue weighted by Gasteiger charge is 2.08. The summed E-state index contributed by atoms with van der Waals surface area (Å²) in [4.78, 5) is 13.3. The predicted molar refractivity (Wildman–Crippen MR) is 68.9 cm³/mol. The third-order valence-corrected chi connectivity index (χ3v) is 2.81. The van der Waals surface area contributed by atoms with Crippen LogP contribution in [0.4, 0.5) is 0 Å². The summed E-state index contributed by atoms with van der Waals surface area (Å²) in [7, 11) is 1.43. The minimum Gasteiger partial charge on any atom is -0.468 e. The molecular formula is C14H21NO2. The number of carbonyl (C=O) groups is 1. The van der Waals surface area contributed by atoms with Crippen molar-refractivity contribution in [1.29, 1.82) is 0 Å². The van der Waals surface area contributed by atoms with Gasteiger partial charge in [0.05, 0.1) is 13.7 Å². The van der Waals surface area contributed by atoms with Crippen LogP contribution in [-0.2, 0) is 16.0 Å². The molecule has 0 aliphatic rings. The van der Waals surface area contributed by atoms with Crippen LogP contribution >= 0.6 is 0 Å². The van der Waals surface area contributed by atoms with Gasteiger partial charge in [0.15, 0.2) is 0 Å². The lowest BCUT2D eigenvalue weighted by molar-refractivity contribution is -0.141. The highest BCUT2D eigenvalue weighted by molar-refractivity contribution is 5.71. The highest BCUT2D eigenvalue weighted by Crippen LogP contribution is 2.03. The Morgan fingerprint density at radius 1 is 1.29 bits per heavy atom. The normalized spacial score (nSPS) is 10.5. The molecule has 0 radical (unpaired) electrons. The molecule has 0 bridgehead atoms. The summed E-state index contributed by atoms with van der Waals surface area (Å²) in [6.45, 7) is 4.26. The summed E-state index contributed by atoms with van der Waals surface area (Å²) in [6, 6.07) is 10.4. The average Bonchev–Trinajstić information content (AvgIpc) is 2.38. The van der Waals surface area contributed by atoms with Crippen LogP contribution in [0, 0.1) is 0 Å². The van der Waals surface area contributed by atoms with E-state index >= 15 is 0 Å². The van der Waals surface area contributed by atoms with E-state index in [0.717, 1.165) is 25.9 Å². The second kappa shape index (κ2) is 7.85. The van der Waals surface area contributed by atoms with Gasteiger partial charge in [0.1, 0.15) is 0 Å². The molecule has 1 aromatic rings. The van der Waals surface area contributed by atoms with Crippen molar-refractivity contribution in [2.45, 2.75) is 19.8 Å². The van der Waals surface area contributed by atoms with Crippen molar-refractivity contribution in [3.63, 3.8) is 0 Å². The number of methoxy groups -OCH3 is 1. The maximum absolute atomic E-state index is 11.2. The summed E-state index contributed by atoms with van der Waals surface area (Å²) in [5.41, 5.74) is 1.35. The van der Waals surface area contributed by atoms with Gasteiger partial charge in [-0.1, -0.05) is 37.3 Å². The van der Waals surface area contributed by atoms with Crippen molar-refractivity contribution >= 4 is 5.97 Å². The lowest BCUT2D eigenvalue weighted by atomic mass is 10.1. The third-order valence-electron chi connectivity index (χ3n) is 2.81. The molecule has 3 nitrogen and oxygen atoms in total. The van der Waals surface area contributed by atoms with E-state index in [1.54, 1.807) is 0 Å². The Hall–Kier alpha value is -1.35. The smallest absolute Gasteiger partial charge is 0.319 e. The monoisotopic (exact) mass is 235 g/mol. The van der Waals surface area contributed by atoms with E-state index in [2.05, 4.69) is 40.8 Å². The first kappa shape index (κ1) is 13.7. The zero-order valence-electron chi connectivity index (χ0n) is 10.7. The van der Waals surface area contributed by atoms with Crippen molar-refractivity contribution in [1.82, 2.24) is 4.90 Å². The van der Waals surface area contributed by atoms with Crippen molar-refractivity contribution in [3.8, 4) is 0 Å². The number of esters is 1. The van der Waals surface area contributed by atoms with Crippen molar-refractivity contribution in [2.24, 2.45) is 0 Å². The molecule has 3 heteroatoms. The number of rotatable bonds is 7. The van der Waals surface area contributed by atoms with Gasteiger partial charge in [0.2, 0.25) is 0 Å². The van der Waals surface area contributed by atoms with Crippen LogP contribution < -0.4 is 0 Å². The highest BCUT2D eigenvalue weighted by atomic mass is 16.5. The second-order valence-electron chi connectivity index (χ2n) is 4.03. The van der Waals surface area contributed by atoms with Crippen LogP contribution in [0.2, 0.25) is 0 Å². The van der Waals surface area contributed by atoms with Gasteiger partial charge in [-0.05, 0) is 31.5 Å². The van der Waals surface area contributed by atoms with E-state index < -0.39 is 0 Å². The van der Waals surface area contributed by atoms with Crippen LogP contribution in [0.25, 0.3) is 0 Å². The summed E-state index contributed by atoms with van der Waals surface area (Å²) < 4.78 is 4.67. The Bertz CT molecular complexity index is 324. The molecule has 17 heavy (non-hydrogen) atoms. The number of carbonyl (C=O) groups excluding carboxylic acids is 1. The zero-order valence-corrected chi connectivity index (χ0v) is 10.7. The lowest BCUT2D eigenvalue weighted by Crippen LogP contribution is -2.31. The van der Waals surface area contributed by atoms with E-state index in [-0.39, 0.29) is 5.97 Å². The number of hydrogen-bond acceptors (Lipinski definition) is 3. The zero-order chi connectivity index (χ0) is 12.5.